The van der Waals surface area contributed by atoms with Crippen molar-refractivity contribution in [1.29, 1.82) is 0 Å². The number of amides is 1. The molecule has 1 aliphatic carbocycles. The lowest BCUT2D eigenvalue weighted by Crippen LogP contribution is -2.22. The van der Waals surface area contributed by atoms with Gasteiger partial charge >= 0.3 is 0 Å². The highest BCUT2D eigenvalue weighted by Gasteiger charge is 2.26. The third-order valence-electron chi connectivity index (χ3n) is 6.00. The third-order valence-corrected chi connectivity index (χ3v) is 6.00. The minimum Gasteiger partial charge on any atom is -0.493 e. The minimum absolute atomic E-state index is 0.134. The Bertz CT molecular complexity index is 1290. The topological polar surface area (TPSA) is 69.7 Å². The molecule has 0 unspecified atom stereocenters. The van der Waals surface area contributed by atoms with Crippen molar-refractivity contribution in [3.8, 4) is 17.2 Å². The summed E-state index contributed by atoms with van der Waals surface area (Å²) in [5.74, 6) is 1.08. The molecule has 3 aromatic rings. The highest BCUT2D eigenvalue weighted by molar-refractivity contribution is 6.08. The van der Waals surface area contributed by atoms with Crippen LogP contribution >= 0.6 is 0 Å². The SMILES string of the molecule is COc1cc(/C=C2/C(C)=C(CC(=O)NCc3cccnc3)c3cc(F)ccc32)cc(OC)c1OC. The molecular weight excluding hydrogens is 447 g/mol. The Hall–Kier alpha value is -4.13. The van der Waals surface area contributed by atoms with Gasteiger partial charge in [0, 0.05) is 18.9 Å². The number of fused-ring (bicyclic) bond motifs is 1. The van der Waals surface area contributed by atoms with E-state index in [9.17, 15) is 9.18 Å². The summed E-state index contributed by atoms with van der Waals surface area (Å²) in [4.78, 5) is 16.9. The standard InChI is InChI=1S/C28H27FN2O4/c1-17-22(10-19-11-25(33-2)28(35-4)26(12-19)34-3)21-8-7-20(29)13-24(21)23(17)14-27(32)31-16-18-6-5-9-30-15-18/h5-13,15H,14,16H2,1-4H3,(H,31,32)/b22-10-. The van der Waals surface area contributed by atoms with E-state index in [1.807, 2.05) is 37.3 Å². The van der Waals surface area contributed by atoms with Crippen LogP contribution < -0.4 is 19.5 Å². The summed E-state index contributed by atoms with van der Waals surface area (Å²) in [6.07, 6.45) is 5.51. The van der Waals surface area contributed by atoms with Crippen molar-refractivity contribution in [3.63, 3.8) is 0 Å². The van der Waals surface area contributed by atoms with Gasteiger partial charge in [0.25, 0.3) is 0 Å². The molecule has 0 bridgehead atoms. The van der Waals surface area contributed by atoms with Crippen LogP contribution in [-0.4, -0.2) is 32.2 Å². The number of hydrogen-bond donors (Lipinski definition) is 1. The number of hydrogen-bond acceptors (Lipinski definition) is 5. The average Bonchev–Trinajstić information content (AvgIpc) is 3.12. The Kier molecular flexibility index (Phi) is 7.15. The fraction of sp³-hybridized carbons (Fsp3) is 0.214. The summed E-state index contributed by atoms with van der Waals surface area (Å²) < 4.78 is 30.6. The van der Waals surface area contributed by atoms with Crippen LogP contribution in [0.2, 0.25) is 0 Å². The molecule has 0 saturated carbocycles. The van der Waals surface area contributed by atoms with Crippen molar-refractivity contribution in [2.75, 3.05) is 21.3 Å². The first-order chi connectivity index (χ1) is 16.9. The zero-order valence-corrected chi connectivity index (χ0v) is 20.1. The predicted octanol–water partition coefficient (Wildman–Crippen LogP) is 5.28. The molecule has 1 aliphatic rings. The van der Waals surface area contributed by atoms with Gasteiger partial charge in [-0.25, -0.2) is 4.39 Å². The van der Waals surface area contributed by atoms with Gasteiger partial charge in [-0.15, -0.1) is 0 Å². The van der Waals surface area contributed by atoms with Gasteiger partial charge in [0.15, 0.2) is 11.5 Å². The number of carbonyl (C=O) groups is 1. The number of methoxy groups -OCH3 is 3. The molecule has 35 heavy (non-hydrogen) atoms. The van der Waals surface area contributed by atoms with Gasteiger partial charge in [-0.3, -0.25) is 9.78 Å². The van der Waals surface area contributed by atoms with E-state index in [2.05, 4.69) is 10.3 Å². The first kappa shape index (κ1) is 24.0. The van der Waals surface area contributed by atoms with Gasteiger partial charge in [0.1, 0.15) is 5.82 Å². The maximum atomic E-state index is 14.2. The summed E-state index contributed by atoms with van der Waals surface area (Å²) in [5.41, 5.74) is 5.94. The summed E-state index contributed by atoms with van der Waals surface area (Å²) in [5, 5.41) is 2.93. The van der Waals surface area contributed by atoms with E-state index >= 15 is 0 Å². The van der Waals surface area contributed by atoms with Crippen LogP contribution in [0.4, 0.5) is 4.39 Å². The van der Waals surface area contributed by atoms with E-state index < -0.39 is 0 Å². The second-order valence-corrected chi connectivity index (χ2v) is 8.12. The molecular formula is C28H27FN2O4. The van der Waals surface area contributed by atoms with E-state index in [-0.39, 0.29) is 18.1 Å². The Morgan fingerprint density at radius 3 is 2.40 bits per heavy atom. The molecule has 0 fully saturated rings. The fourth-order valence-electron chi connectivity index (χ4n) is 4.26. The average molecular weight is 475 g/mol. The zero-order valence-electron chi connectivity index (χ0n) is 20.1. The molecule has 1 heterocycles. The van der Waals surface area contributed by atoms with Crippen LogP contribution in [0, 0.1) is 5.82 Å². The summed E-state index contributed by atoms with van der Waals surface area (Å²) in [6.45, 7) is 2.33. The molecule has 1 amide bonds. The van der Waals surface area contributed by atoms with Gasteiger partial charge < -0.3 is 19.5 Å². The van der Waals surface area contributed by atoms with Crippen molar-refractivity contribution < 1.29 is 23.4 Å². The Balaban J connectivity index is 1.69. The summed E-state index contributed by atoms with van der Waals surface area (Å²) >= 11 is 0. The minimum atomic E-state index is -0.348. The van der Waals surface area contributed by atoms with Crippen molar-refractivity contribution in [3.05, 3.63) is 88.5 Å². The second kappa shape index (κ2) is 10.4. The summed E-state index contributed by atoms with van der Waals surface area (Å²) in [7, 11) is 4.68. The maximum Gasteiger partial charge on any atom is 0.224 e. The number of carbonyl (C=O) groups excluding carboxylic acids is 1. The van der Waals surface area contributed by atoms with Crippen LogP contribution in [0.25, 0.3) is 17.2 Å². The lowest BCUT2D eigenvalue weighted by molar-refractivity contribution is -0.120. The monoisotopic (exact) mass is 474 g/mol. The molecule has 6 nitrogen and oxygen atoms in total. The molecule has 1 N–H and O–H groups in total. The molecule has 2 aromatic carbocycles. The van der Waals surface area contributed by atoms with Crippen molar-refractivity contribution in [1.82, 2.24) is 10.3 Å². The van der Waals surface area contributed by atoms with Gasteiger partial charge in [0.2, 0.25) is 11.7 Å². The van der Waals surface area contributed by atoms with Crippen molar-refractivity contribution in [2.24, 2.45) is 0 Å². The molecule has 4 rings (SSSR count). The molecule has 0 aliphatic heterocycles. The Labute approximate surface area is 204 Å². The lowest BCUT2D eigenvalue weighted by Gasteiger charge is -2.13. The largest absolute Gasteiger partial charge is 0.493 e. The highest BCUT2D eigenvalue weighted by Crippen LogP contribution is 2.45. The second-order valence-electron chi connectivity index (χ2n) is 8.12. The molecule has 0 radical (unpaired) electrons. The first-order valence-corrected chi connectivity index (χ1v) is 11.1. The molecule has 180 valence electrons. The molecule has 0 atom stereocenters. The number of allylic oxidation sites excluding steroid dienone is 2. The van der Waals surface area contributed by atoms with E-state index in [0.29, 0.717) is 23.8 Å². The number of benzene rings is 2. The first-order valence-electron chi connectivity index (χ1n) is 11.1. The molecule has 1 aromatic heterocycles. The van der Waals surface area contributed by atoms with Crippen molar-refractivity contribution >= 4 is 23.1 Å². The van der Waals surface area contributed by atoms with Crippen LogP contribution in [0.5, 0.6) is 17.2 Å². The number of ether oxygens (including phenoxy) is 3. The highest BCUT2D eigenvalue weighted by atomic mass is 19.1. The smallest absolute Gasteiger partial charge is 0.224 e. The Morgan fingerprint density at radius 2 is 1.77 bits per heavy atom. The number of pyridine rings is 1. The quantitative estimate of drug-likeness (QED) is 0.481. The number of aromatic nitrogens is 1. The van der Waals surface area contributed by atoms with Crippen LogP contribution in [0.1, 0.15) is 35.6 Å². The van der Waals surface area contributed by atoms with E-state index in [1.165, 1.54) is 12.1 Å². The van der Waals surface area contributed by atoms with E-state index in [1.54, 1.807) is 39.8 Å². The maximum absolute atomic E-state index is 14.2. The molecule has 0 saturated heterocycles. The third kappa shape index (κ3) is 5.04. The van der Waals surface area contributed by atoms with Gasteiger partial charge in [-0.1, -0.05) is 12.1 Å². The number of nitrogens with zero attached hydrogens (tertiary/aromatic N) is 1. The van der Waals surface area contributed by atoms with E-state index in [0.717, 1.165) is 39.0 Å². The van der Waals surface area contributed by atoms with Crippen LogP contribution in [0.3, 0.4) is 0 Å². The van der Waals surface area contributed by atoms with Gasteiger partial charge in [-0.05, 0) is 82.3 Å². The molecule has 7 heteroatoms. The van der Waals surface area contributed by atoms with Gasteiger partial charge in [-0.2, -0.15) is 0 Å². The number of nitrogens with one attached hydrogen (secondary N) is 1. The summed E-state index contributed by atoms with van der Waals surface area (Å²) in [6, 6.07) is 12.1. The van der Waals surface area contributed by atoms with Crippen LogP contribution in [-0.2, 0) is 11.3 Å². The lowest BCUT2D eigenvalue weighted by atomic mass is 10.00. The predicted molar refractivity (Wildman–Crippen MR) is 134 cm³/mol. The zero-order chi connectivity index (χ0) is 24.9. The van der Waals surface area contributed by atoms with Gasteiger partial charge in [0.05, 0.1) is 27.8 Å². The number of halogens is 1. The fourth-order valence-corrected chi connectivity index (χ4v) is 4.26. The van der Waals surface area contributed by atoms with Crippen LogP contribution in [0.15, 0.2) is 60.4 Å². The molecule has 0 spiro atoms. The van der Waals surface area contributed by atoms with E-state index in [4.69, 9.17) is 14.2 Å². The normalized spacial score (nSPS) is 13.6. The number of rotatable bonds is 8. The Morgan fingerprint density at radius 1 is 1.03 bits per heavy atom. The van der Waals surface area contributed by atoms with Crippen molar-refractivity contribution in [2.45, 2.75) is 19.9 Å².